The number of aromatic amines is 1. The number of carbonyl (C=O) groups is 1. The highest BCUT2D eigenvalue weighted by Crippen LogP contribution is 2.29. The molecule has 1 aromatic heterocycles. The van der Waals surface area contributed by atoms with Crippen LogP contribution in [0.25, 0.3) is 17.0 Å². The van der Waals surface area contributed by atoms with E-state index in [4.69, 9.17) is 4.74 Å². The third-order valence-corrected chi connectivity index (χ3v) is 8.50. The van der Waals surface area contributed by atoms with Crippen LogP contribution in [0.3, 0.4) is 0 Å². The summed E-state index contributed by atoms with van der Waals surface area (Å²) in [6.45, 7) is 0.175. The molecule has 1 heterocycles. The second-order valence-electron chi connectivity index (χ2n) is 10.1. The third-order valence-electron chi connectivity index (χ3n) is 6.99. The number of nitrogens with one attached hydrogen (secondary N) is 1. The van der Waals surface area contributed by atoms with Gasteiger partial charge in [-0.25, -0.2) is 8.42 Å². The first kappa shape index (κ1) is 32.0. The van der Waals surface area contributed by atoms with Gasteiger partial charge in [0.25, 0.3) is 0 Å². The Kier molecular flexibility index (Phi) is 10.8. The van der Waals surface area contributed by atoms with Crippen molar-refractivity contribution in [3.8, 4) is 0 Å². The number of halogens is 3. The lowest BCUT2D eigenvalue weighted by atomic mass is 10.1. The molecule has 11 heteroatoms. The minimum absolute atomic E-state index is 0.0190. The lowest BCUT2D eigenvalue weighted by molar-refractivity contribution is -0.137. The molecule has 4 aromatic rings. The highest BCUT2D eigenvalue weighted by atomic mass is 32.2. The molecule has 0 aliphatic rings. The minimum atomic E-state index is -4.48. The minimum Gasteiger partial charge on any atom is -0.385 e. The number of ether oxygens (including phenoxy) is 1. The van der Waals surface area contributed by atoms with Crippen LogP contribution in [0.15, 0.2) is 90.5 Å². The van der Waals surface area contributed by atoms with E-state index in [2.05, 4.69) is 4.98 Å². The van der Waals surface area contributed by atoms with Crippen LogP contribution >= 0.6 is 0 Å². The molecule has 7 nitrogen and oxygen atoms in total. The molecule has 0 bridgehead atoms. The third kappa shape index (κ3) is 9.03. The topological polar surface area (TPSA) is 82.7 Å². The zero-order chi connectivity index (χ0) is 30.9. The van der Waals surface area contributed by atoms with E-state index in [1.807, 2.05) is 36.5 Å². The smallest absolute Gasteiger partial charge is 0.385 e. The van der Waals surface area contributed by atoms with Crippen LogP contribution < -0.4 is 0 Å². The van der Waals surface area contributed by atoms with Gasteiger partial charge >= 0.3 is 6.18 Å². The Hall–Kier alpha value is -3.93. The number of hydrogen-bond donors (Lipinski definition) is 1. The molecule has 0 fully saturated rings. The number of hydrogen-bond acceptors (Lipinski definition) is 4. The predicted molar refractivity (Wildman–Crippen MR) is 161 cm³/mol. The Morgan fingerprint density at radius 1 is 0.953 bits per heavy atom. The largest absolute Gasteiger partial charge is 0.416 e. The van der Waals surface area contributed by atoms with Crippen molar-refractivity contribution in [2.75, 3.05) is 33.4 Å². The average molecular weight is 614 g/mol. The fourth-order valence-corrected chi connectivity index (χ4v) is 5.83. The Bertz CT molecular complexity index is 1620. The summed E-state index contributed by atoms with van der Waals surface area (Å²) in [5.74, 6) is -0.464. The van der Waals surface area contributed by atoms with E-state index < -0.39 is 34.2 Å². The Labute approximate surface area is 249 Å². The summed E-state index contributed by atoms with van der Waals surface area (Å²) in [5, 5.41) is 2.08. The summed E-state index contributed by atoms with van der Waals surface area (Å²) >= 11 is 0. The van der Waals surface area contributed by atoms with Crippen LogP contribution in [0.5, 0.6) is 0 Å². The summed E-state index contributed by atoms with van der Waals surface area (Å²) in [7, 11) is -2.48. The summed E-state index contributed by atoms with van der Waals surface area (Å²) in [6, 6.07) is 21.3. The van der Waals surface area contributed by atoms with Gasteiger partial charge in [-0.05, 0) is 53.8 Å². The van der Waals surface area contributed by atoms with Gasteiger partial charge in [0.2, 0.25) is 15.9 Å². The van der Waals surface area contributed by atoms with Crippen LogP contribution in [0.1, 0.15) is 28.7 Å². The number of aromatic nitrogens is 1. The first-order valence-electron chi connectivity index (χ1n) is 13.8. The molecule has 4 rings (SSSR count). The summed E-state index contributed by atoms with van der Waals surface area (Å²) < 4.78 is 72.3. The summed E-state index contributed by atoms with van der Waals surface area (Å²) in [6.07, 6.45) is -0.313. The SMILES string of the molecule is COCCCN(CC(=O)N(CCc1c[nH]c2ccccc12)Cc1ccc(C(F)(F)F)cc1)S(=O)(=O)C=Cc1ccccc1. The number of benzene rings is 3. The van der Waals surface area contributed by atoms with Crippen LogP contribution in [-0.4, -0.2) is 61.9 Å². The molecule has 0 spiro atoms. The van der Waals surface area contributed by atoms with Gasteiger partial charge in [-0.15, -0.1) is 0 Å². The number of H-pyrrole nitrogens is 1. The standard InChI is InChI=1S/C32H34F3N3O4S/c1-42-20-7-18-38(43(40,41)21-17-25-8-3-2-4-9-25)24-31(39)37(23-26-12-14-28(15-13-26)32(33,34)35)19-16-27-22-36-30-11-6-5-10-29(27)30/h2-6,8-15,17,21-22,36H,7,16,18-20,23-24H2,1H3. The molecule has 0 atom stereocenters. The maximum Gasteiger partial charge on any atom is 0.416 e. The monoisotopic (exact) mass is 613 g/mol. The fraction of sp³-hybridized carbons (Fsp3) is 0.281. The van der Waals surface area contributed by atoms with E-state index in [1.54, 1.807) is 24.3 Å². The van der Waals surface area contributed by atoms with Gasteiger partial charge in [0, 0.05) is 55.9 Å². The number of rotatable bonds is 14. The first-order chi connectivity index (χ1) is 20.6. The molecule has 43 heavy (non-hydrogen) atoms. The Morgan fingerprint density at radius 2 is 1.65 bits per heavy atom. The molecule has 228 valence electrons. The average Bonchev–Trinajstić information content (AvgIpc) is 3.41. The van der Waals surface area contributed by atoms with E-state index in [0.29, 0.717) is 30.6 Å². The Balaban J connectivity index is 1.57. The van der Waals surface area contributed by atoms with Crippen LogP contribution in [0.2, 0.25) is 0 Å². The van der Waals surface area contributed by atoms with E-state index >= 15 is 0 Å². The zero-order valence-corrected chi connectivity index (χ0v) is 24.6. The maximum absolute atomic E-state index is 13.7. The molecule has 3 aromatic carbocycles. The zero-order valence-electron chi connectivity index (χ0n) is 23.8. The van der Waals surface area contributed by atoms with Gasteiger partial charge in [0.15, 0.2) is 0 Å². The van der Waals surface area contributed by atoms with Crippen molar-refractivity contribution in [2.45, 2.75) is 25.6 Å². The molecule has 0 radical (unpaired) electrons. The number of para-hydroxylation sites is 1. The number of carbonyl (C=O) groups excluding carboxylic acids is 1. The Morgan fingerprint density at radius 3 is 2.35 bits per heavy atom. The number of fused-ring (bicyclic) bond motifs is 1. The van der Waals surface area contributed by atoms with Crippen molar-refractivity contribution in [3.05, 3.63) is 113 Å². The summed E-state index contributed by atoms with van der Waals surface area (Å²) in [4.78, 5) is 18.4. The van der Waals surface area contributed by atoms with Gasteiger partial charge in [-0.1, -0.05) is 60.7 Å². The van der Waals surface area contributed by atoms with Crippen LogP contribution in [0, 0.1) is 0 Å². The van der Waals surface area contributed by atoms with Gasteiger partial charge in [0.05, 0.1) is 12.1 Å². The van der Waals surface area contributed by atoms with Gasteiger partial charge < -0.3 is 14.6 Å². The van der Waals surface area contributed by atoms with Crippen molar-refractivity contribution < 1.29 is 31.1 Å². The second-order valence-corrected chi connectivity index (χ2v) is 11.9. The molecule has 1 amide bonds. The maximum atomic E-state index is 13.7. The normalized spacial score (nSPS) is 12.4. The van der Waals surface area contributed by atoms with Crippen molar-refractivity contribution in [1.82, 2.24) is 14.2 Å². The van der Waals surface area contributed by atoms with E-state index in [9.17, 15) is 26.4 Å². The second kappa shape index (κ2) is 14.5. The summed E-state index contributed by atoms with van der Waals surface area (Å²) in [5.41, 5.74) is 2.32. The highest BCUT2D eigenvalue weighted by Gasteiger charge is 2.30. The molecular weight excluding hydrogens is 579 g/mol. The number of alkyl halides is 3. The number of methoxy groups -OCH3 is 1. The van der Waals surface area contributed by atoms with Crippen LogP contribution in [-0.2, 0) is 38.7 Å². The van der Waals surface area contributed by atoms with Crippen molar-refractivity contribution >= 4 is 32.9 Å². The highest BCUT2D eigenvalue weighted by molar-refractivity contribution is 7.92. The molecular formula is C32H34F3N3O4S. The fourth-order valence-electron chi connectivity index (χ4n) is 4.65. The van der Waals surface area contributed by atoms with E-state index in [1.165, 1.54) is 30.2 Å². The number of amides is 1. The number of sulfonamides is 1. The van der Waals surface area contributed by atoms with Crippen LogP contribution in [0.4, 0.5) is 13.2 Å². The van der Waals surface area contributed by atoms with Gasteiger partial charge in [-0.3, -0.25) is 4.79 Å². The quantitative estimate of drug-likeness (QED) is 0.174. The molecule has 0 aliphatic heterocycles. The van der Waals surface area contributed by atoms with Crippen molar-refractivity contribution in [3.63, 3.8) is 0 Å². The predicted octanol–water partition coefficient (Wildman–Crippen LogP) is 6.10. The first-order valence-corrected chi connectivity index (χ1v) is 15.3. The molecule has 0 aliphatic carbocycles. The molecule has 0 unspecified atom stereocenters. The van der Waals surface area contributed by atoms with Gasteiger partial charge in [0.1, 0.15) is 0 Å². The van der Waals surface area contributed by atoms with E-state index in [-0.39, 0.29) is 19.6 Å². The van der Waals surface area contributed by atoms with Crippen molar-refractivity contribution in [1.29, 1.82) is 0 Å². The van der Waals surface area contributed by atoms with E-state index in [0.717, 1.165) is 38.3 Å². The van der Waals surface area contributed by atoms with Crippen molar-refractivity contribution in [2.24, 2.45) is 0 Å². The molecule has 1 N–H and O–H groups in total. The van der Waals surface area contributed by atoms with Gasteiger partial charge in [-0.2, -0.15) is 17.5 Å². The molecule has 0 saturated carbocycles. The molecule has 0 saturated heterocycles. The number of nitrogens with zero attached hydrogens (tertiary/aromatic N) is 2. The lowest BCUT2D eigenvalue weighted by Crippen LogP contribution is -2.43. The lowest BCUT2D eigenvalue weighted by Gasteiger charge is -2.27.